The molecule has 68 valence electrons. The number of hydrogen-bond acceptors (Lipinski definition) is 5. The first-order valence-corrected chi connectivity index (χ1v) is 3.77. The summed E-state index contributed by atoms with van der Waals surface area (Å²) in [4.78, 5) is 19.8. The molecule has 0 aliphatic heterocycles. The molecule has 0 fully saturated rings. The van der Waals surface area contributed by atoms with Gasteiger partial charge in [0.1, 0.15) is 11.8 Å². The van der Waals surface area contributed by atoms with Crippen LogP contribution >= 0.6 is 0 Å². The molecule has 0 atom stereocenters. The smallest absolute Gasteiger partial charge is 0.445 e. The molecule has 0 spiro atoms. The summed E-state index contributed by atoms with van der Waals surface area (Å²) in [5.41, 5.74) is -0.923. The zero-order valence-corrected chi connectivity index (χ0v) is 6.32. The van der Waals surface area contributed by atoms with Crippen molar-refractivity contribution >= 4 is 22.7 Å². The Morgan fingerprint density at radius 1 is 1.42 bits per heavy atom. The third kappa shape index (κ3) is 4.41. The summed E-state index contributed by atoms with van der Waals surface area (Å²) >= 11 is 0. The van der Waals surface area contributed by atoms with Gasteiger partial charge in [0.05, 0.1) is 0 Å². The van der Waals surface area contributed by atoms with Crippen LogP contribution in [0.3, 0.4) is 0 Å². The second-order valence-electron chi connectivity index (χ2n) is 1.52. The van der Waals surface area contributed by atoms with Crippen molar-refractivity contribution in [3.8, 4) is 0 Å². The van der Waals surface area contributed by atoms with Crippen molar-refractivity contribution in [1.29, 1.82) is 0 Å². The number of rotatable bonds is 4. The van der Waals surface area contributed by atoms with Crippen LogP contribution in [0.5, 0.6) is 0 Å². The van der Waals surface area contributed by atoms with E-state index in [2.05, 4.69) is 4.18 Å². The van der Waals surface area contributed by atoms with Gasteiger partial charge in [-0.3, -0.25) is 9.35 Å². The Labute approximate surface area is 67.2 Å². The lowest BCUT2D eigenvalue weighted by molar-refractivity contribution is -0.133. The molecule has 0 unspecified atom stereocenters. The highest BCUT2D eigenvalue weighted by atomic mass is 32.3. The van der Waals surface area contributed by atoms with Gasteiger partial charge in [-0.05, 0) is 0 Å². The van der Waals surface area contributed by atoms with Crippen molar-refractivity contribution in [2.45, 2.75) is 0 Å². The van der Waals surface area contributed by atoms with Gasteiger partial charge >= 0.3 is 16.4 Å². The molecule has 0 saturated carbocycles. The van der Waals surface area contributed by atoms with E-state index in [9.17, 15) is 18.0 Å². The van der Waals surface area contributed by atoms with E-state index in [0.717, 1.165) is 0 Å². The molecule has 0 aliphatic carbocycles. The normalized spacial score (nSPS) is 12.2. The largest absolute Gasteiger partial charge is 0.477 e. The molecule has 8 heteroatoms. The summed E-state index contributed by atoms with van der Waals surface area (Å²) in [7, 11) is -4.76. The second-order valence-corrected chi connectivity index (χ2v) is 2.57. The van der Waals surface area contributed by atoms with Crippen LogP contribution in [0.2, 0.25) is 0 Å². The molecule has 0 bridgehead atoms. The van der Waals surface area contributed by atoms with Crippen LogP contribution in [0, 0.1) is 0 Å². The van der Waals surface area contributed by atoms with E-state index in [1.54, 1.807) is 0 Å². The number of hydrogen-bond donors (Lipinski definition) is 2. The van der Waals surface area contributed by atoms with E-state index in [4.69, 9.17) is 9.66 Å². The Balaban J connectivity index is 4.54. The van der Waals surface area contributed by atoms with Crippen LogP contribution < -0.4 is 0 Å². The highest BCUT2D eigenvalue weighted by Gasteiger charge is 2.08. The molecule has 0 rings (SSSR count). The molecule has 0 aliphatic rings. The van der Waals surface area contributed by atoms with Gasteiger partial charge < -0.3 is 9.29 Å². The average Bonchev–Trinajstić information content (AvgIpc) is 1.85. The maximum atomic E-state index is 9.99. The summed E-state index contributed by atoms with van der Waals surface area (Å²) in [5.74, 6) is -1.66. The fourth-order valence-corrected chi connectivity index (χ4v) is 0.466. The van der Waals surface area contributed by atoms with Gasteiger partial charge in [-0.15, -0.1) is 0 Å². The summed E-state index contributed by atoms with van der Waals surface area (Å²) < 4.78 is 31.1. The lowest BCUT2D eigenvalue weighted by Gasteiger charge is -1.93. The summed E-state index contributed by atoms with van der Waals surface area (Å²) in [5, 5.41) is 8.11. The molecular weight excluding hydrogens is 192 g/mol. The second kappa shape index (κ2) is 3.83. The van der Waals surface area contributed by atoms with E-state index in [1.807, 2.05) is 0 Å². The first kappa shape index (κ1) is 10.6. The SMILES string of the molecule is O=CC(=COS(=O)(=O)O)C(=O)O. The molecule has 0 aromatic carbocycles. The summed E-state index contributed by atoms with van der Waals surface area (Å²) in [6.45, 7) is 0. The van der Waals surface area contributed by atoms with Crippen LogP contribution in [0.25, 0.3) is 0 Å². The number of carbonyl (C=O) groups is 2. The Kier molecular flexibility index (Phi) is 3.38. The molecular formula is C4H4O7S. The highest BCUT2D eigenvalue weighted by Crippen LogP contribution is 1.94. The average molecular weight is 196 g/mol. The van der Waals surface area contributed by atoms with Crippen LogP contribution in [0.15, 0.2) is 11.8 Å². The van der Waals surface area contributed by atoms with Gasteiger partial charge in [0, 0.05) is 0 Å². The van der Waals surface area contributed by atoms with Gasteiger partial charge in [-0.25, -0.2) is 4.79 Å². The van der Waals surface area contributed by atoms with Crippen molar-refractivity contribution < 1.29 is 31.8 Å². The lowest BCUT2D eigenvalue weighted by atomic mass is 10.3. The Bertz CT molecular complexity index is 310. The fraction of sp³-hybridized carbons (Fsp3) is 0. The minimum absolute atomic E-state index is 0.116. The molecule has 0 aromatic heterocycles. The van der Waals surface area contributed by atoms with Gasteiger partial charge in [0.25, 0.3) is 0 Å². The number of carboxylic acid groups (broad SMARTS) is 1. The Hall–Kier alpha value is -1.41. The van der Waals surface area contributed by atoms with Crippen molar-refractivity contribution in [3.05, 3.63) is 11.8 Å². The standard InChI is InChI=1S/C4H4O7S/c5-1-3(4(6)7)2-11-12(8,9)10/h1-2H,(H,6,7)(H,8,9,10). The van der Waals surface area contributed by atoms with Crippen molar-refractivity contribution in [2.24, 2.45) is 0 Å². The third-order valence-electron chi connectivity index (χ3n) is 0.671. The number of carboxylic acids is 1. The fourth-order valence-electron chi connectivity index (χ4n) is 0.241. The van der Waals surface area contributed by atoms with Crippen molar-refractivity contribution in [2.75, 3.05) is 0 Å². The quantitative estimate of drug-likeness (QED) is 0.147. The third-order valence-corrected chi connectivity index (χ3v) is 1.01. The molecule has 0 radical (unpaired) electrons. The maximum Gasteiger partial charge on any atom is 0.445 e. The zero-order valence-electron chi connectivity index (χ0n) is 5.50. The minimum atomic E-state index is -4.76. The van der Waals surface area contributed by atoms with E-state index in [-0.39, 0.29) is 12.5 Å². The minimum Gasteiger partial charge on any atom is -0.477 e. The van der Waals surface area contributed by atoms with Crippen LogP contribution in [-0.2, 0) is 24.2 Å². The maximum absolute atomic E-state index is 9.99. The highest BCUT2D eigenvalue weighted by molar-refractivity contribution is 7.81. The van der Waals surface area contributed by atoms with E-state index >= 15 is 0 Å². The monoisotopic (exact) mass is 196 g/mol. The summed E-state index contributed by atoms with van der Waals surface area (Å²) in [6, 6.07) is 0. The Morgan fingerprint density at radius 3 is 2.17 bits per heavy atom. The van der Waals surface area contributed by atoms with E-state index in [0.29, 0.717) is 0 Å². The van der Waals surface area contributed by atoms with E-state index < -0.39 is 21.9 Å². The van der Waals surface area contributed by atoms with Gasteiger partial charge in [-0.1, -0.05) is 0 Å². The molecule has 0 aromatic rings. The number of aliphatic carboxylic acids is 1. The molecule has 0 heterocycles. The topological polar surface area (TPSA) is 118 Å². The molecule has 12 heavy (non-hydrogen) atoms. The molecule has 0 amide bonds. The summed E-state index contributed by atoms with van der Waals surface area (Å²) in [6.07, 6.45) is -0.0157. The van der Waals surface area contributed by atoms with Crippen LogP contribution in [0.1, 0.15) is 0 Å². The first-order chi connectivity index (χ1) is 5.37. The van der Waals surface area contributed by atoms with Gasteiger partial charge in [0.2, 0.25) is 0 Å². The predicted octanol–water partition coefficient (Wildman–Crippen LogP) is -1.03. The number of carbonyl (C=O) groups excluding carboxylic acids is 1. The van der Waals surface area contributed by atoms with Crippen LogP contribution in [0.4, 0.5) is 0 Å². The molecule has 0 saturated heterocycles. The number of aldehydes is 1. The van der Waals surface area contributed by atoms with Crippen molar-refractivity contribution in [1.82, 2.24) is 0 Å². The van der Waals surface area contributed by atoms with E-state index in [1.165, 1.54) is 0 Å². The molecule has 2 N–H and O–H groups in total. The first-order valence-electron chi connectivity index (χ1n) is 2.41. The zero-order chi connectivity index (χ0) is 9.78. The molecule has 7 nitrogen and oxygen atoms in total. The Morgan fingerprint density at radius 2 is 1.92 bits per heavy atom. The lowest BCUT2D eigenvalue weighted by Crippen LogP contribution is -2.05. The van der Waals surface area contributed by atoms with Gasteiger partial charge in [-0.2, -0.15) is 8.42 Å². The predicted molar refractivity (Wildman–Crippen MR) is 34.4 cm³/mol. The van der Waals surface area contributed by atoms with Crippen molar-refractivity contribution in [3.63, 3.8) is 0 Å². The van der Waals surface area contributed by atoms with Crippen LogP contribution in [-0.4, -0.2) is 30.3 Å². The van der Waals surface area contributed by atoms with Gasteiger partial charge in [0.15, 0.2) is 6.29 Å².